The Morgan fingerprint density at radius 1 is 1.12 bits per heavy atom. The highest BCUT2D eigenvalue weighted by Gasteiger charge is 2.41. The van der Waals surface area contributed by atoms with Crippen LogP contribution in [0.2, 0.25) is 5.15 Å². The first-order valence-electron chi connectivity index (χ1n) is 13.5. The van der Waals surface area contributed by atoms with Gasteiger partial charge in [-0.1, -0.05) is 11.6 Å². The lowest BCUT2D eigenvalue weighted by Crippen LogP contribution is -2.53. The van der Waals surface area contributed by atoms with Crippen molar-refractivity contribution in [2.75, 3.05) is 56.6 Å². The zero-order valence-electron chi connectivity index (χ0n) is 23.4. The molecule has 2 aromatic rings. The number of anilines is 3. The quantitative estimate of drug-likeness (QED) is 0.325. The van der Waals surface area contributed by atoms with Gasteiger partial charge in [0.05, 0.1) is 16.9 Å². The van der Waals surface area contributed by atoms with Crippen LogP contribution in [0.1, 0.15) is 41.7 Å². The van der Waals surface area contributed by atoms with Gasteiger partial charge in [0.2, 0.25) is 11.8 Å². The van der Waals surface area contributed by atoms with Crippen molar-refractivity contribution in [2.45, 2.75) is 42.5 Å². The van der Waals surface area contributed by atoms with Crippen LogP contribution >= 0.6 is 11.6 Å². The molecule has 0 radical (unpaired) electrons. The first-order chi connectivity index (χ1) is 20.0. The summed E-state index contributed by atoms with van der Waals surface area (Å²) in [4.78, 5) is 54.5. The first-order valence-corrected chi connectivity index (χ1v) is 15.0. The molecule has 4 heterocycles. The number of fused-ring (bicyclic) bond motifs is 1. The topological polar surface area (TPSA) is 198 Å². The normalized spacial score (nSPS) is 19.1. The van der Waals surface area contributed by atoms with Gasteiger partial charge in [-0.3, -0.25) is 14.4 Å². The highest BCUT2D eigenvalue weighted by molar-refractivity contribution is 7.89. The van der Waals surface area contributed by atoms with Gasteiger partial charge in [0.1, 0.15) is 0 Å². The number of carbonyl (C=O) groups is 3. The van der Waals surface area contributed by atoms with E-state index in [2.05, 4.69) is 25.6 Å². The van der Waals surface area contributed by atoms with Crippen LogP contribution in [0.25, 0.3) is 0 Å². The van der Waals surface area contributed by atoms with Gasteiger partial charge in [0, 0.05) is 64.9 Å². The number of nitrogen functional groups attached to an aromatic ring is 2. The van der Waals surface area contributed by atoms with Crippen LogP contribution in [0.4, 0.5) is 17.3 Å². The molecule has 3 aliphatic heterocycles. The van der Waals surface area contributed by atoms with E-state index < -0.39 is 17.3 Å². The van der Waals surface area contributed by atoms with Gasteiger partial charge in [-0.05, 0) is 37.0 Å². The number of carbonyl (C=O) groups excluding carboxylic acids is 3. The fourth-order valence-corrected chi connectivity index (χ4v) is 6.34. The van der Waals surface area contributed by atoms with Gasteiger partial charge in [-0.25, -0.2) is 9.97 Å². The zero-order valence-corrected chi connectivity index (χ0v) is 24.9. The molecule has 3 amide bonds. The molecule has 5 rings (SSSR count). The molecule has 1 spiro atoms. The van der Waals surface area contributed by atoms with E-state index >= 15 is 0 Å². The predicted molar refractivity (Wildman–Crippen MR) is 159 cm³/mol. The van der Waals surface area contributed by atoms with Crippen LogP contribution in [-0.2, 0) is 27.4 Å². The molecular weight excluding hydrogens is 584 g/mol. The van der Waals surface area contributed by atoms with Crippen LogP contribution < -0.4 is 27.0 Å². The Labute approximate surface area is 251 Å². The summed E-state index contributed by atoms with van der Waals surface area (Å²) >= 11 is 4.62. The van der Waals surface area contributed by atoms with E-state index in [4.69, 9.17) is 23.1 Å². The Morgan fingerprint density at radius 3 is 2.55 bits per heavy atom. The lowest BCUT2D eigenvalue weighted by atomic mass is 9.88. The molecule has 0 aliphatic carbocycles. The average Bonchev–Trinajstić information content (AvgIpc) is 3.57. The van der Waals surface area contributed by atoms with Crippen molar-refractivity contribution in [3.8, 4) is 0 Å². The maximum absolute atomic E-state index is 13.0. The Hall–Kier alpha value is -3.66. The number of likely N-dealkylation sites (tertiary alicyclic amines) is 1. The number of benzene rings is 1. The smallest absolute Gasteiger partial charge is 0.302 e. The highest BCUT2D eigenvalue weighted by atomic mass is 35.5. The van der Waals surface area contributed by atoms with E-state index in [-0.39, 0.29) is 58.6 Å². The second-order valence-electron chi connectivity index (χ2n) is 10.7. The number of hydrogen-bond donors (Lipinski definition) is 4. The molecular formula is C26H33ClN10O4S. The van der Waals surface area contributed by atoms with E-state index in [9.17, 15) is 18.9 Å². The summed E-state index contributed by atoms with van der Waals surface area (Å²) in [5, 5.41) is 6.25. The van der Waals surface area contributed by atoms with Gasteiger partial charge in [-0.2, -0.15) is 4.99 Å². The van der Waals surface area contributed by atoms with Crippen molar-refractivity contribution in [1.82, 2.24) is 29.8 Å². The number of nitrogens with zero attached hydrogens (tertiary/aromatic N) is 6. The third-order valence-corrected chi connectivity index (χ3v) is 9.30. The molecule has 2 fully saturated rings. The van der Waals surface area contributed by atoms with Gasteiger partial charge in [0.15, 0.2) is 33.3 Å². The molecule has 14 nitrogen and oxygen atoms in total. The molecule has 1 aromatic heterocycles. The molecule has 1 aromatic carbocycles. The second-order valence-corrected chi connectivity index (χ2v) is 12.7. The van der Waals surface area contributed by atoms with E-state index in [0.717, 1.165) is 11.3 Å². The van der Waals surface area contributed by atoms with Crippen LogP contribution in [0.3, 0.4) is 0 Å². The number of guanidine groups is 1. The summed E-state index contributed by atoms with van der Waals surface area (Å²) in [7, 11) is 3.50. The van der Waals surface area contributed by atoms with E-state index in [0.29, 0.717) is 50.3 Å². The number of nitrogens with two attached hydrogens (primary N) is 2. The molecule has 42 heavy (non-hydrogen) atoms. The van der Waals surface area contributed by atoms with Crippen LogP contribution in [-0.4, -0.2) is 93.2 Å². The summed E-state index contributed by atoms with van der Waals surface area (Å²) in [6.45, 7) is 2.09. The summed E-state index contributed by atoms with van der Waals surface area (Å²) < 4.78 is 14.0. The molecule has 224 valence electrons. The number of aliphatic imine (C=N–C) groups is 1. The SMILES string of the molecule is CN(C)[S+]([O-])c1ccc2c(c1)CCN2C(=O)CCC(=O)N1CCC2(CC1)CN/C(=N\C(=O)c1nc(Cl)c(N)nc1N)N2. The van der Waals surface area contributed by atoms with Crippen molar-refractivity contribution >= 4 is 64.0 Å². The van der Waals surface area contributed by atoms with Gasteiger partial charge < -0.3 is 36.5 Å². The van der Waals surface area contributed by atoms with Crippen LogP contribution in [0.15, 0.2) is 28.1 Å². The number of nitrogens with one attached hydrogen (secondary N) is 2. The standard InChI is InChI=1S/C26H33ClN10O4S/c1-35(2)42(41)16-3-4-17-15(13-16)7-10-37(17)19(39)6-5-18(38)36-11-8-26(9-12-36)14-30-25(34-26)33-24(40)20-22(28)32-23(29)21(27)31-20/h3-4,13H,5-12,14H2,1-2H3,(H4,28,29,32)(H2,30,33,34,40). The maximum Gasteiger partial charge on any atom is 0.302 e. The number of halogens is 1. The molecule has 3 aliphatic rings. The van der Waals surface area contributed by atoms with Gasteiger partial charge >= 0.3 is 5.91 Å². The van der Waals surface area contributed by atoms with Crippen molar-refractivity contribution < 1.29 is 18.9 Å². The van der Waals surface area contributed by atoms with Crippen LogP contribution in [0.5, 0.6) is 0 Å². The van der Waals surface area contributed by atoms with Crippen molar-refractivity contribution in [3.05, 3.63) is 34.6 Å². The molecule has 6 N–H and O–H groups in total. The Bertz CT molecular complexity index is 1450. The number of hydrogen-bond acceptors (Lipinski definition) is 9. The number of amides is 3. The Balaban J connectivity index is 1.11. The highest BCUT2D eigenvalue weighted by Crippen LogP contribution is 2.32. The minimum absolute atomic E-state index is 0.0707. The molecule has 0 saturated carbocycles. The fourth-order valence-electron chi connectivity index (χ4n) is 5.36. The number of piperidine rings is 1. The van der Waals surface area contributed by atoms with Gasteiger partial charge in [-0.15, -0.1) is 4.31 Å². The Kier molecular flexibility index (Phi) is 8.46. The molecule has 2 saturated heterocycles. The number of aromatic nitrogens is 2. The van der Waals surface area contributed by atoms with Crippen molar-refractivity contribution in [2.24, 2.45) is 4.99 Å². The number of rotatable bonds is 6. The first kappa shape index (κ1) is 29.8. The monoisotopic (exact) mass is 616 g/mol. The third-order valence-electron chi connectivity index (χ3n) is 7.71. The van der Waals surface area contributed by atoms with E-state index in [1.165, 1.54) is 0 Å². The zero-order chi connectivity index (χ0) is 30.2. The minimum Gasteiger partial charge on any atom is -0.593 e. The van der Waals surface area contributed by atoms with Crippen molar-refractivity contribution in [1.29, 1.82) is 0 Å². The molecule has 0 bridgehead atoms. The third kappa shape index (κ3) is 6.09. The van der Waals surface area contributed by atoms with Crippen molar-refractivity contribution in [3.63, 3.8) is 0 Å². The average molecular weight is 617 g/mol. The van der Waals surface area contributed by atoms with Gasteiger partial charge in [0.25, 0.3) is 0 Å². The molecule has 16 heteroatoms. The lowest BCUT2D eigenvalue weighted by molar-refractivity contribution is -0.134. The fraction of sp³-hybridized carbons (Fsp3) is 0.462. The maximum atomic E-state index is 13.0. The largest absolute Gasteiger partial charge is 0.593 e. The molecule has 1 atom stereocenters. The summed E-state index contributed by atoms with van der Waals surface area (Å²) in [5.41, 5.74) is 12.6. The predicted octanol–water partition coefficient (Wildman–Crippen LogP) is 0.298. The summed E-state index contributed by atoms with van der Waals surface area (Å²) in [6, 6.07) is 5.51. The summed E-state index contributed by atoms with van der Waals surface area (Å²) in [6.07, 6.45) is 2.20. The summed E-state index contributed by atoms with van der Waals surface area (Å²) in [5.74, 6) is -0.836. The minimum atomic E-state index is -1.25. The van der Waals surface area contributed by atoms with E-state index in [1.54, 1.807) is 34.3 Å². The van der Waals surface area contributed by atoms with Crippen LogP contribution in [0, 0.1) is 0 Å². The second kappa shape index (κ2) is 11.9. The van der Waals surface area contributed by atoms with E-state index in [1.807, 2.05) is 12.1 Å². The molecule has 1 unspecified atom stereocenters. The Morgan fingerprint density at radius 2 is 1.83 bits per heavy atom. The lowest BCUT2D eigenvalue weighted by Gasteiger charge is -2.38.